The van der Waals surface area contributed by atoms with E-state index < -0.39 is 0 Å². The molecular formula is C18H19N5OS. The molecule has 7 heteroatoms. The highest BCUT2D eigenvalue weighted by Crippen LogP contribution is 2.30. The Morgan fingerprint density at radius 1 is 1.28 bits per heavy atom. The number of pyridine rings is 1. The van der Waals surface area contributed by atoms with Crippen molar-refractivity contribution in [1.82, 2.24) is 24.6 Å². The Bertz CT molecular complexity index is 856. The minimum absolute atomic E-state index is 0.0393. The van der Waals surface area contributed by atoms with Crippen molar-refractivity contribution >= 4 is 17.2 Å². The van der Waals surface area contributed by atoms with Crippen LogP contribution in [0.15, 0.2) is 43.0 Å². The Balaban J connectivity index is 1.48. The highest BCUT2D eigenvalue weighted by atomic mass is 32.1. The molecule has 1 fully saturated rings. The van der Waals surface area contributed by atoms with Gasteiger partial charge in [-0.15, -0.1) is 11.3 Å². The van der Waals surface area contributed by atoms with Crippen molar-refractivity contribution in [3.05, 3.63) is 58.4 Å². The minimum Gasteiger partial charge on any atom is -0.338 e. The van der Waals surface area contributed by atoms with Gasteiger partial charge in [0.2, 0.25) is 0 Å². The van der Waals surface area contributed by atoms with E-state index in [1.165, 1.54) is 4.88 Å². The summed E-state index contributed by atoms with van der Waals surface area (Å²) in [5, 5.41) is 5.29. The van der Waals surface area contributed by atoms with Gasteiger partial charge in [0.25, 0.3) is 5.91 Å². The standard InChI is InChI=1S/C18H19N5OS/c1-13-10-20-17(25-13)15-4-2-8-22(12-15)18(24)14-5-6-16(19-11-14)23-9-3-7-21-23/h3,5-7,9-11,15H,2,4,8,12H2,1H3/t15-/m1/s1. The lowest BCUT2D eigenvalue weighted by Gasteiger charge is -2.31. The van der Waals surface area contributed by atoms with Crippen LogP contribution in [0.5, 0.6) is 0 Å². The largest absolute Gasteiger partial charge is 0.338 e. The predicted octanol–water partition coefficient (Wildman–Crippen LogP) is 3.05. The Kier molecular flexibility index (Phi) is 4.31. The van der Waals surface area contributed by atoms with Crippen molar-refractivity contribution < 1.29 is 4.79 Å². The summed E-state index contributed by atoms with van der Waals surface area (Å²) >= 11 is 1.73. The van der Waals surface area contributed by atoms with Gasteiger partial charge in [0.15, 0.2) is 5.82 Å². The first-order chi connectivity index (χ1) is 12.2. The summed E-state index contributed by atoms with van der Waals surface area (Å²) < 4.78 is 1.68. The molecule has 0 aliphatic carbocycles. The van der Waals surface area contributed by atoms with E-state index in [-0.39, 0.29) is 5.91 Å². The summed E-state index contributed by atoms with van der Waals surface area (Å²) in [7, 11) is 0. The molecule has 0 N–H and O–H groups in total. The lowest BCUT2D eigenvalue weighted by molar-refractivity contribution is 0.0706. The van der Waals surface area contributed by atoms with Gasteiger partial charge in [-0.3, -0.25) is 4.79 Å². The molecule has 1 aliphatic rings. The molecule has 3 aromatic rings. The van der Waals surface area contributed by atoms with E-state index in [0.717, 1.165) is 30.9 Å². The molecule has 0 spiro atoms. The highest BCUT2D eigenvalue weighted by molar-refractivity contribution is 7.11. The second-order valence-corrected chi connectivity index (χ2v) is 7.52. The van der Waals surface area contributed by atoms with E-state index in [1.807, 2.05) is 35.5 Å². The number of hydrogen-bond acceptors (Lipinski definition) is 5. The summed E-state index contributed by atoms with van der Waals surface area (Å²) in [4.78, 5) is 24.8. The van der Waals surface area contributed by atoms with Gasteiger partial charge >= 0.3 is 0 Å². The van der Waals surface area contributed by atoms with Gasteiger partial charge in [0.1, 0.15) is 0 Å². The first kappa shape index (κ1) is 16.0. The second-order valence-electron chi connectivity index (χ2n) is 6.26. The lowest BCUT2D eigenvalue weighted by atomic mass is 9.98. The van der Waals surface area contributed by atoms with Crippen molar-refractivity contribution in [3.63, 3.8) is 0 Å². The van der Waals surface area contributed by atoms with Crippen LogP contribution in [0, 0.1) is 6.92 Å². The van der Waals surface area contributed by atoms with Crippen LogP contribution >= 0.6 is 11.3 Å². The molecule has 0 unspecified atom stereocenters. The van der Waals surface area contributed by atoms with Crippen LogP contribution in [0.4, 0.5) is 0 Å². The average molecular weight is 353 g/mol. The van der Waals surface area contributed by atoms with Crippen molar-refractivity contribution in [2.24, 2.45) is 0 Å². The summed E-state index contributed by atoms with van der Waals surface area (Å²) in [6.45, 7) is 3.59. The number of carbonyl (C=O) groups excluding carboxylic acids is 1. The van der Waals surface area contributed by atoms with Crippen LogP contribution in [-0.2, 0) is 0 Å². The molecule has 0 aromatic carbocycles. The van der Waals surface area contributed by atoms with Crippen molar-refractivity contribution in [3.8, 4) is 5.82 Å². The summed E-state index contributed by atoms with van der Waals surface area (Å²) in [6.07, 6.45) is 9.18. The number of aryl methyl sites for hydroxylation is 1. The first-order valence-electron chi connectivity index (χ1n) is 8.38. The molecule has 1 aliphatic heterocycles. The Labute approximate surface area is 150 Å². The molecule has 4 rings (SSSR count). The van der Waals surface area contributed by atoms with Crippen LogP contribution in [0.2, 0.25) is 0 Å². The molecule has 6 nitrogen and oxygen atoms in total. The SMILES string of the molecule is Cc1cnc([C@@H]2CCCN(C(=O)c3ccc(-n4cccn4)nc3)C2)s1. The predicted molar refractivity (Wildman–Crippen MR) is 96.1 cm³/mol. The number of likely N-dealkylation sites (tertiary alicyclic amines) is 1. The van der Waals surface area contributed by atoms with Crippen molar-refractivity contribution in [1.29, 1.82) is 0 Å². The van der Waals surface area contributed by atoms with Crippen molar-refractivity contribution in [2.75, 3.05) is 13.1 Å². The third-order valence-corrected chi connectivity index (χ3v) is 5.51. The average Bonchev–Trinajstić information content (AvgIpc) is 3.33. The van der Waals surface area contributed by atoms with Gasteiger partial charge in [0, 0.05) is 48.7 Å². The lowest BCUT2D eigenvalue weighted by Crippen LogP contribution is -2.39. The monoisotopic (exact) mass is 353 g/mol. The van der Waals surface area contributed by atoms with Gasteiger partial charge in [-0.1, -0.05) is 0 Å². The molecule has 1 atom stereocenters. The van der Waals surface area contributed by atoms with E-state index in [2.05, 4.69) is 22.0 Å². The van der Waals surface area contributed by atoms with Crippen molar-refractivity contribution in [2.45, 2.75) is 25.7 Å². The molecule has 25 heavy (non-hydrogen) atoms. The maximum Gasteiger partial charge on any atom is 0.255 e. The summed E-state index contributed by atoms with van der Waals surface area (Å²) in [5.74, 6) is 1.08. The van der Waals surface area contributed by atoms with Crippen LogP contribution in [0.1, 0.15) is 39.0 Å². The van der Waals surface area contributed by atoms with Gasteiger partial charge in [-0.05, 0) is 38.0 Å². The molecular weight excluding hydrogens is 334 g/mol. The molecule has 128 valence electrons. The first-order valence-corrected chi connectivity index (χ1v) is 9.20. The molecule has 4 heterocycles. The van der Waals surface area contributed by atoms with E-state index >= 15 is 0 Å². The van der Waals surface area contributed by atoms with Gasteiger partial charge in [-0.25, -0.2) is 14.6 Å². The Morgan fingerprint density at radius 3 is 2.88 bits per heavy atom. The smallest absolute Gasteiger partial charge is 0.255 e. The number of carbonyl (C=O) groups is 1. The second kappa shape index (κ2) is 6.76. The molecule has 0 bridgehead atoms. The number of aromatic nitrogens is 4. The Morgan fingerprint density at radius 2 is 2.20 bits per heavy atom. The molecule has 3 aromatic heterocycles. The van der Waals surface area contributed by atoms with Gasteiger partial charge in [-0.2, -0.15) is 5.10 Å². The molecule has 0 saturated carbocycles. The number of amides is 1. The Hall–Kier alpha value is -2.54. The number of hydrogen-bond donors (Lipinski definition) is 0. The molecule has 0 radical (unpaired) electrons. The van der Waals surface area contributed by atoms with Gasteiger partial charge < -0.3 is 4.90 Å². The number of piperidine rings is 1. The van der Waals surface area contributed by atoms with E-state index in [0.29, 0.717) is 17.3 Å². The zero-order chi connectivity index (χ0) is 17.2. The third kappa shape index (κ3) is 3.32. The van der Waals surface area contributed by atoms with Crippen LogP contribution < -0.4 is 0 Å². The fourth-order valence-corrected chi connectivity index (χ4v) is 4.06. The molecule has 1 amide bonds. The third-order valence-electron chi connectivity index (χ3n) is 4.43. The fraction of sp³-hybridized carbons (Fsp3) is 0.333. The maximum absolute atomic E-state index is 12.8. The number of rotatable bonds is 3. The van der Waals surface area contributed by atoms with E-state index in [1.54, 1.807) is 28.4 Å². The quantitative estimate of drug-likeness (QED) is 0.726. The summed E-state index contributed by atoms with van der Waals surface area (Å²) in [5.41, 5.74) is 0.617. The van der Waals surface area contributed by atoms with Crippen LogP contribution in [0.25, 0.3) is 5.82 Å². The fourth-order valence-electron chi connectivity index (χ4n) is 3.16. The zero-order valence-electron chi connectivity index (χ0n) is 14.0. The van der Waals surface area contributed by atoms with Crippen LogP contribution in [0.3, 0.4) is 0 Å². The topological polar surface area (TPSA) is 63.9 Å². The van der Waals surface area contributed by atoms with E-state index in [9.17, 15) is 4.79 Å². The normalized spacial score (nSPS) is 17.6. The highest BCUT2D eigenvalue weighted by Gasteiger charge is 2.27. The number of thiazole rings is 1. The summed E-state index contributed by atoms with van der Waals surface area (Å²) in [6, 6.07) is 5.49. The maximum atomic E-state index is 12.8. The molecule has 1 saturated heterocycles. The zero-order valence-corrected chi connectivity index (χ0v) is 14.8. The number of nitrogens with zero attached hydrogens (tertiary/aromatic N) is 5. The van der Waals surface area contributed by atoms with E-state index in [4.69, 9.17) is 0 Å². The minimum atomic E-state index is 0.0393. The van der Waals surface area contributed by atoms with Gasteiger partial charge in [0.05, 0.1) is 10.6 Å². The van der Waals surface area contributed by atoms with Crippen LogP contribution in [-0.4, -0.2) is 43.6 Å².